The van der Waals surface area contributed by atoms with E-state index in [0.717, 1.165) is 31.4 Å². The van der Waals surface area contributed by atoms with E-state index < -0.39 is 0 Å². The van der Waals surface area contributed by atoms with Gasteiger partial charge in [0.2, 0.25) is 5.91 Å². The Kier molecular flexibility index (Phi) is 3.39. The molecular formula is C12H20N2O. The van der Waals surface area contributed by atoms with Gasteiger partial charge >= 0.3 is 0 Å². The minimum absolute atomic E-state index is 0.227. The maximum atomic E-state index is 11.8. The number of hydrazone groups is 1. The molecule has 2 rings (SSSR count). The molecule has 0 atom stereocenters. The number of hydrogen-bond acceptors (Lipinski definition) is 2. The average Bonchev–Trinajstić information content (AvgIpc) is 2.61. The molecule has 84 valence electrons. The van der Waals surface area contributed by atoms with E-state index >= 15 is 0 Å². The lowest BCUT2D eigenvalue weighted by molar-refractivity contribution is -0.131. The highest BCUT2D eigenvalue weighted by atomic mass is 16.2. The Morgan fingerprint density at radius 3 is 2.73 bits per heavy atom. The van der Waals surface area contributed by atoms with Crippen molar-refractivity contribution in [1.29, 1.82) is 0 Å². The number of rotatable bonds is 3. The maximum absolute atomic E-state index is 11.8. The second kappa shape index (κ2) is 4.77. The molecule has 0 unspecified atom stereocenters. The second-order valence-corrected chi connectivity index (χ2v) is 4.62. The van der Waals surface area contributed by atoms with Crippen LogP contribution in [0, 0.1) is 0 Å². The SMILES string of the molecule is CCCC1=NN(C2CCCCC2)C(=O)C1. The number of amides is 1. The van der Waals surface area contributed by atoms with E-state index in [2.05, 4.69) is 12.0 Å². The zero-order valence-electron chi connectivity index (χ0n) is 9.54. The monoisotopic (exact) mass is 208 g/mol. The van der Waals surface area contributed by atoms with Crippen molar-refractivity contribution in [3.05, 3.63) is 0 Å². The van der Waals surface area contributed by atoms with Crippen molar-refractivity contribution in [2.75, 3.05) is 0 Å². The molecule has 0 saturated heterocycles. The Labute approximate surface area is 91.5 Å². The zero-order valence-corrected chi connectivity index (χ0v) is 9.54. The molecule has 1 aliphatic carbocycles. The van der Waals surface area contributed by atoms with Gasteiger partial charge < -0.3 is 0 Å². The molecule has 1 heterocycles. The highest BCUT2D eigenvalue weighted by molar-refractivity contribution is 6.05. The second-order valence-electron chi connectivity index (χ2n) is 4.62. The van der Waals surface area contributed by atoms with Crippen molar-refractivity contribution < 1.29 is 4.79 Å². The summed E-state index contributed by atoms with van der Waals surface area (Å²) >= 11 is 0. The summed E-state index contributed by atoms with van der Waals surface area (Å²) in [5.74, 6) is 0.227. The lowest BCUT2D eigenvalue weighted by atomic mass is 9.95. The lowest BCUT2D eigenvalue weighted by Crippen LogP contribution is -2.34. The Morgan fingerprint density at radius 1 is 1.33 bits per heavy atom. The molecule has 0 aromatic rings. The first-order valence-electron chi connectivity index (χ1n) is 6.19. The first kappa shape index (κ1) is 10.7. The third kappa shape index (κ3) is 2.39. The Morgan fingerprint density at radius 2 is 2.07 bits per heavy atom. The third-order valence-corrected chi connectivity index (χ3v) is 3.32. The van der Waals surface area contributed by atoms with Crippen molar-refractivity contribution in [2.24, 2.45) is 5.10 Å². The van der Waals surface area contributed by atoms with Crippen LogP contribution < -0.4 is 0 Å². The highest BCUT2D eigenvalue weighted by Gasteiger charge is 2.30. The molecule has 1 saturated carbocycles. The van der Waals surface area contributed by atoms with Gasteiger partial charge in [-0.15, -0.1) is 0 Å². The van der Waals surface area contributed by atoms with E-state index in [1.807, 2.05) is 0 Å². The van der Waals surface area contributed by atoms with Gasteiger partial charge in [0.15, 0.2) is 0 Å². The van der Waals surface area contributed by atoms with E-state index in [0.29, 0.717) is 12.5 Å². The normalized spacial score (nSPS) is 23.4. The third-order valence-electron chi connectivity index (χ3n) is 3.32. The Balaban J connectivity index is 1.98. The van der Waals surface area contributed by atoms with Crippen molar-refractivity contribution in [1.82, 2.24) is 5.01 Å². The molecule has 0 radical (unpaired) electrons. The molecular weight excluding hydrogens is 188 g/mol. The van der Waals surface area contributed by atoms with Crippen LogP contribution in [0.1, 0.15) is 58.3 Å². The molecule has 3 nitrogen and oxygen atoms in total. The van der Waals surface area contributed by atoms with Gasteiger partial charge in [-0.25, -0.2) is 5.01 Å². The van der Waals surface area contributed by atoms with Gasteiger partial charge in [0.05, 0.1) is 12.5 Å². The van der Waals surface area contributed by atoms with Gasteiger partial charge in [0, 0.05) is 5.71 Å². The molecule has 1 amide bonds. The lowest BCUT2D eigenvalue weighted by Gasteiger charge is -2.27. The smallest absolute Gasteiger partial charge is 0.248 e. The molecule has 1 aliphatic heterocycles. The minimum atomic E-state index is 0.227. The Bertz CT molecular complexity index is 267. The number of hydrogen-bond donors (Lipinski definition) is 0. The van der Waals surface area contributed by atoms with E-state index in [4.69, 9.17) is 0 Å². The zero-order chi connectivity index (χ0) is 10.7. The fourth-order valence-corrected chi connectivity index (χ4v) is 2.54. The fourth-order valence-electron chi connectivity index (χ4n) is 2.54. The van der Waals surface area contributed by atoms with Gasteiger partial charge in [0.1, 0.15) is 0 Å². The number of carbonyl (C=O) groups excluding carboxylic acids is 1. The maximum Gasteiger partial charge on any atom is 0.248 e. The van der Waals surface area contributed by atoms with Crippen molar-refractivity contribution in [2.45, 2.75) is 64.3 Å². The molecule has 0 aromatic carbocycles. The van der Waals surface area contributed by atoms with Crippen LogP contribution in [-0.2, 0) is 4.79 Å². The largest absolute Gasteiger partial charge is 0.273 e. The topological polar surface area (TPSA) is 32.7 Å². The van der Waals surface area contributed by atoms with Gasteiger partial charge in [-0.05, 0) is 19.3 Å². The van der Waals surface area contributed by atoms with Gasteiger partial charge in [0.25, 0.3) is 0 Å². The summed E-state index contributed by atoms with van der Waals surface area (Å²) in [7, 11) is 0. The summed E-state index contributed by atoms with van der Waals surface area (Å²) in [5, 5.41) is 6.26. The molecule has 1 fully saturated rings. The van der Waals surface area contributed by atoms with E-state index in [-0.39, 0.29) is 5.91 Å². The van der Waals surface area contributed by atoms with Crippen LogP contribution in [0.15, 0.2) is 5.10 Å². The van der Waals surface area contributed by atoms with Crippen LogP contribution in [0.4, 0.5) is 0 Å². The van der Waals surface area contributed by atoms with Crippen LogP contribution in [-0.4, -0.2) is 22.7 Å². The molecule has 15 heavy (non-hydrogen) atoms. The summed E-state index contributed by atoms with van der Waals surface area (Å²) in [6.07, 6.45) is 8.78. The first-order valence-corrected chi connectivity index (χ1v) is 6.19. The summed E-state index contributed by atoms with van der Waals surface area (Å²) in [5.41, 5.74) is 1.09. The summed E-state index contributed by atoms with van der Waals surface area (Å²) < 4.78 is 0. The van der Waals surface area contributed by atoms with E-state index in [1.165, 1.54) is 19.3 Å². The number of nitrogens with zero attached hydrogens (tertiary/aromatic N) is 2. The molecule has 0 spiro atoms. The standard InChI is InChI=1S/C12H20N2O/c1-2-6-10-9-12(15)14(13-10)11-7-4-3-5-8-11/h11H,2-9H2,1H3. The van der Waals surface area contributed by atoms with Crippen LogP contribution in [0.3, 0.4) is 0 Å². The van der Waals surface area contributed by atoms with Crippen LogP contribution in [0.5, 0.6) is 0 Å². The first-order chi connectivity index (χ1) is 7.31. The predicted octanol–water partition coefficient (Wildman–Crippen LogP) is 2.71. The van der Waals surface area contributed by atoms with Gasteiger partial charge in [-0.3, -0.25) is 4.79 Å². The quantitative estimate of drug-likeness (QED) is 0.702. The molecule has 0 N–H and O–H groups in total. The summed E-state index contributed by atoms with van der Waals surface area (Å²) in [6.45, 7) is 2.14. The molecule has 3 heteroatoms. The number of carbonyl (C=O) groups is 1. The highest BCUT2D eigenvalue weighted by Crippen LogP contribution is 2.26. The molecule has 0 aromatic heterocycles. The average molecular weight is 208 g/mol. The fraction of sp³-hybridized carbons (Fsp3) is 0.833. The van der Waals surface area contributed by atoms with Crippen molar-refractivity contribution in [3.8, 4) is 0 Å². The van der Waals surface area contributed by atoms with E-state index in [9.17, 15) is 4.79 Å². The predicted molar refractivity (Wildman–Crippen MR) is 60.7 cm³/mol. The molecule has 0 bridgehead atoms. The Hall–Kier alpha value is -0.860. The van der Waals surface area contributed by atoms with Crippen molar-refractivity contribution >= 4 is 11.6 Å². The van der Waals surface area contributed by atoms with Gasteiger partial charge in [-0.1, -0.05) is 32.6 Å². The van der Waals surface area contributed by atoms with Crippen LogP contribution in [0.2, 0.25) is 0 Å². The molecule has 2 aliphatic rings. The summed E-state index contributed by atoms with van der Waals surface area (Å²) in [4.78, 5) is 11.8. The van der Waals surface area contributed by atoms with Crippen LogP contribution >= 0.6 is 0 Å². The van der Waals surface area contributed by atoms with E-state index in [1.54, 1.807) is 5.01 Å². The summed E-state index contributed by atoms with van der Waals surface area (Å²) in [6, 6.07) is 0.403. The van der Waals surface area contributed by atoms with Gasteiger partial charge in [-0.2, -0.15) is 5.10 Å². The van der Waals surface area contributed by atoms with Crippen LogP contribution in [0.25, 0.3) is 0 Å². The minimum Gasteiger partial charge on any atom is -0.273 e. The van der Waals surface area contributed by atoms with Crippen molar-refractivity contribution in [3.63, 3.8) is 0 Å².